The lowest BCUT2D eigenvalue weighted by Gasteiger charge is -2.30. The van der Waals surface area contributed by atoms with E-state index < -0.39 is 0 Å². The van der Waals surface area contributed by atoms with Crippen molar-refractivity contribution in [3.8, 4) is 0 Å². The zero-order chi connectivity index (χ0) is 18.6. The molecule has 0 aliphatic carbocycles. The first-order valence-electron chi connectivity index (χ1n) is 9.28. The van der Waals surface area contributed by atoms with Crippen LogP contribution in [0.25, 0.3) is 0 Å². The van der Waals surface area contributed by atoms with E-state index in [1.54, 1.807) is 17.2 Å². The zero-order valence-corrected chi connectivity index (χ0v) is 15.5. The molecule has 136 valence electrons. The Hall–Kier alpha value is -3.14. The van der Waals surface area contributed by atoms with E-state index in [0.717, 1.165) is 30.9 Å². The number of aromatic nitrogens is 1. The molecule has 0 unspecified atom stereocenters. The number of rotatable bonds is 4. The highest BCUT2D eigenvalue weighted by molar-refractivity contribution is 5.94. The van der Waals surface area contributed by atoms with Crippen LogP contribution in [0.1, 0.15) is 27.0 Å². The van der Waals surface area contributed by atoms with Crippen molar-refractivity contribution in [3.05, 3.63) is 95.2 Å². The van der Waals surface area contributed by atoms with E-state index in [4.69, 9.17) is 0 Å². The smallest absolute Gasteiger partial charge is 0.254 e. The predicted molar refractivity (Wildman–Crippen MR) is 108 cm³/mol. The third-order valence-corrected chi connectivity index (χ3v) is 5.06. The Morgan fingerprint density at radius 2 is 1.78 bits per heavy atom. The van der Waals surface area contributed by atoms with E-state index in [1.807, 2.05) is 43.4 Å². The van der Waals surface area contributed by atoms with Gasteiger partial charge in [0.15, 0.2) is 0 Å². The van der Waals surface area contributed by atoms with E-state index in [2.05, 4.69) is 34.1 Å². The first kappa shape index (κ1) is 17.3. The monoisotopic (exact) mass is 357 g/mol. The summed E-state index contributed by atoms with van der Waals surface area (Å²) in [7, 11) is 1.84. The minimum atomic E-state index is 0.0138. The van der Waals surface area contributed by atoms with Crippen molar-refractivity contribution in [1.29, 1.82) is 0 Å². The second-order valence-corrected chi connectivity index (χ2v) is 6.99. The van der Waals surface area contributed by atoms with Crippen LogP contribution in [0.4, 0.5) is 5.82 Å². The SMILES string of the molecule is CN(Cc1ccccc1)C(=O)c1ccnc(N2CCc3ccccc3C2)c1. The van der Waals surface area contributed by atoms with Crippen molar-refractivity contribution in [2.24, 2.45) is 0 Å². The minimum absolute atomic E-state index is 0.0138. The Bertz CT molecular complexity index is 939. The van der Waals surface area contributed by atoms with Crippen molar-refractivity contribution in [2.75, 3.05) is 18.5 Å². The number of carbonyl (C=O) groups is 1. The quantitative estimate of drug-likeness (QED) is 0.710. The fourth-order valence-electron chi connectivity index (χ4n) is 3.57. The topological polar surface area (TPSA) is 36.4 Å². The number of nitrogens with zero attached hydrogens (tertiary/aromatic N) is 3. The molecule has 4 heteroatoms. The minimum Gasteiger partial charge on any atom is -0.352 e. The third kappa shape index (κ3) is 3.85. The fraction of sp³-hybridized carbons (Fsp3) is 0.217. The molecule has 2 heterocycles. The van der Waals surface area contributed by atoms with Crippen molar-refractivity contribution >= 4 is 11.7 Å². The van der Waals surface area contributed by atoms with E-state index in [1.165, 1.54) is 11.1 Å². The summed E-state index contributed by atoms with van der Waals surface area (Å²) in [6.07, 6.45) is 2.74. The van der Waals surface area contributed by atoms with Crippen LogP contribution < -0.4 is 4.90 Å². The van der Waals surface area contributed by atoms with Gasteiger partial charge in [0, 0.05) is 38.4 Å². The standard InChI is InChI=1S/C23H23N3O/c1-25(16-18-7-3-2-4-8-18)23(27)20-11-13-24-22(15-20)26-14-12-19-9-5-6-10-21(19)17-26/h2-11,13,15H,12,14,16-17H2,1H3. The Morgan fingerprint density at radius 1 is 1.04 bits per heavy atom. The molecule has 2 aromatic carbocycles. The maximum Gasteiger partial charge on any atom is 0.254 e. The van der Waals surface area contributed by atoms with Gasteiger partial charge >= 0.3 is 0 Å². The Labute approximate surface area is 160 Å². The number of hydrogen-bond donors (Lipinski definition) is 0. The van der Waals surface area contributed by atoms with Crippen LogP contribution in [0, 0.1) is 0 Å². The average Bonchev–Trinajstić information content (AvgIpc) is 2.73. The molecular weight excluding hydrogens is 334 g/mol. The molecule has 1 aromatic heterocycles. The summed E-state index contributed by atoms with van der Waals surface area (Å²) in [6.45, 7) is 2.34. The summed E-state index contributed by atoms with van der Waals surface area (Å²) >= 11 is 0. The molecule has 1 aliphatic rings. The van der Waals surface area contributed by atoms with Crippen LogP contribution in [-0.4, -0.2) is 29.4 Å². The number of hydrogen-bond acceptors (Lipinski definition) is 3. The van der Waals surface area contributed by atoms with Gasteiger partial charge in [-0.2, -0.15) is 0 Å². The van der Waals surface area contributed by atoms with Crippen molar-refractivity contribution < 1.29 is 4.79 Å². The van der Waals surface area contributed by atoms with Crippen molar-refractivity contribution in [1.82, 2.24) is 9.88 Å². The lowest BCUT2D eigenvalue weighted by atomic mass is 10.00. The largest absolute Gasteiger partial charge is 0.352 e. The molecular formula is C23H23N3O. The van der Waals surface area contributed by atoms with Gasteiger partial charge in [-0.3, -0.25) is 4.79 Å². The summed E-state index contributed by atoms with van der Waals surface area (Å²) in [6, 6.07) is 22.3. The summed E-state index contributed by atoms with van der Waals surface area (Å²) in [5.41, 5.74) is 4.54. The highest BCUT2D eigenvalue weighted by Gasteiger charge is 2.19. The van der Waals surface area contributed by atoms with E-state index >= 15 is 0 Å². The van der Waals surface area contributed by atoms with Gasteiger partial charge in [0.25, 0.3) is 5.91 Å². The molecule has 4 nitrogen and oxygen atoms in total. The molecule has 1 amide bonds. The molecule has 0 spiro atoms. The summed E-state index contributed by atoms with van der Waals surface area (Å²) in [5, 5.41) is 0. The van der Waals surface area contributed by atoms with Crippen LogP contribution in [0.2, 0.25) is 0 Å². The number of pyridine rings is 1. The second-order valence-electron chi connectivity index (χ2n) is 6.99. The fourth-order valence-corrected chi connectivity index (χ4v) is 3.57. The first-order valence-corrected chi connectivity index (χ1v) is 9.28. The highest BCUT2D eigenvalue weighted by atomic mass is 16.2. The van der Waals surface area contributed by atoms with E-state index in [9.17, 15) is 4.79 Å². The maximum absolute atomic E-state index is 12.9. The van der Waals surface area contributed by atoms with Crippen LogP contribution in [0.15, 0.2) is 72.9 Å². The first-order chi connectivity index (χ1) is 13.2. The van der Waals surface area contributed by atoms with E-state index in [-0.39, 0.29) is 5.91 Å². The zero-order valence-electron chi connectivity index (χ0n) is 15.5. The Balaban J connectivity index is 1.50. The molecule has 0 bridgehead atoms. The Morgan fingerprint density at radius 3 is 2.59 bits per heavy atom. The molecule has 4 rings (SSSR count). The second kappa shape index (κ2) is 7.62. The molecule has 0 N–H and O–H groups in total. The normalized spacial score (nSPS) is 13.1. The van der Waals surface area contributed by atoms with Crippen LogP contribution in [0.3, 0.4) is 0 Å². The van der Waals surface area contributed by atoms with Crippen molar-refractivity contribution in [3.63, 3.8) is 0 Å². The van der Waals surface area contributed by atoms with Gasteiger partial charge in [-0.15, -0.1) is 0 Å². The molecule has 0 radical (unpaired) electrons. The molecule has 0 saturated carbocycles. The van der Waals surface area contributed by atoms with E-state index in [0.29, 0.717) is 12.1 Å². The molecule has 27 heavy (non-hydrogen) atoms. The summed E-state index contributed by atoms with van der Waals surface area (Å²) < 4.78 is 0. The van der Waals surface area contributed by atoms with Gasteiger partial charge in [-0.25, -0.2) is 4.98 Å². The number of anilines is 1. The number of amides is 1. The molecule has 0 fully saturated rings. The average molecular weight is 357 g/mol. The lowest BCUT2D eigenvalue weighted by molar-refractivity contribution is 0.0785. The van der Waals surface area contributed by atoms with Gasteiger partial charge in [0.1, 0.15) is 5.82 Å². The van der Waals surface area contributed by atoms with Crippen LogP contribution in [-0.2, 0) is 19.5 Å². The van der Waals surface area contributed by atoms with Crippen LogP contribution >= 0.6 is 0 Å². The lowest BCUT2D eigenvalue weighted by Crippen LogP contribution is -2.31. The van der Waals surface area contributed by atoms with Gasteiger partial charge in [-0.05, 0) is 35.2 Å². The predicted octanol–water partition coefficient (Wildman–Crippen LogP) is 3.92. The number of carbonyl (C=O) groups excluding carboxylic acids is 1. The maximum atomic E-state index is 12.9. The number of benzene rings is 2. The van der Waals surface area contributed by atoms with Gasteiger partial charge < -0.3 is 9.80 Å². The molecule has 3 aromatic rings. The number of fused-ring (bicyclic) bond motifs is 1. The Kier molecular flexibility index (Phi) is 4.88. The van der Waals surface area contributed by atoms with Gasteiger partial charge in [-0.1, -0.05) is 54.6 Å². The molecule has 0 saturated heterocycles. The summed E-state index contributed by atoms with van der Waals surface area (Å²) in [5.74, 6) is 0.878. The van der Waals surface area contributed by atoms with Gasteiger partial charge in [0.05, 0.1) is 0 Å². The highest BCUT2D eigenvalue weighted by Crippen LogP contribution is 2.23. The summed E-state index contributed by atoms with van der Waals surface area (Å²) in [4.78, 5) is 21.4. The van der Waals surface area contributed by atoms with Gasteiger partial charge in [0.2, 0.25) is 0 Å². The molecule has 1 aliphatic heterocycles. The molecule has 0 atom stereocenters. The van der Waals surface area contributed by atoms with Crippen LogP contribution in [0.5, 0.6) is 0 Å². The third-order valence-electron chi connectivity index (χ3n) is 5.06. The van der Waals surface area contributed by atoms with Crippen molar-refractivity contribution in [2.45, 2.75) is 19.5 Å².